The number of carbonyl (C=O) groups excluding carboxylic acids is 2. The van der Waals surface area contributed by atoms with E-state index in [0.717, 1.165) is 16.5 Å². The Hall–Kier alpha value is -2.30. The molecular formula is C15H17NO4. The van der Waals surface area contributed by atoms with Gasteiger partial charge in [0.2, 0.25) is 0 Å². The molecule has 5 nitrogen and oxygen atoms in total. The van der Waals surface area contributed by atoms with Gasteiger partial charge in [-0.15, -0.1) is 0 Å². The third-order valence-electron chi connectivity index (χ3n) is 3.33. The van der Waals surface area contributed by atoms with Crippen LogP contribution in [-0.4, -0.2) is 30.0 Å². The van der Waals surface area contributed by atoms with Crippen molar-refractivity contribution in [3.05, 3.63) is 29.5 Å². The minimum Gasteiger partial charge on any atom is -0.496 e. The molecule has 0 fully saturated rings. The van der Waals surface area contributed by atoms with Crippen LogP contribution in [0.5, 0.6) is 5.75 Å². The first-order valence-electron chi connectivity index (χ1n) is 6.36. The zero-order valence-corrected chi connectivity index (χ0v) is 12.0. The molecule has 1 heterocycles. The minimum atomic E-state index is -0.833. The summed E-state index contributed by atoms with van der Waals surface area (Å²) in [6.45, 7) is 3.65. The van der Waals surface area contributed by atoms with Crippen LogP contribution in [0.15, 0.2) is 18.2 Å². The molecule has 0 saturated carbocycles. The molecule has 0 spiro atoms. The van der Waals surface area contributed by atoms with Gasteiger partial charge in [-0.05, 0) is 31.5 Å². The maximum atomic E-state index is 12.2. The van der Waals surface area contributed by atoms with E-state index in [0.29, 0.717) is 11.4 Å². The highest BCUT2D eigenvalue weighted by molar-refractivity contribution is 6.41. The number of ether oxygens (including phenoxy) is 2. The largest absolute Gasteiger partial charge is 0.496 e. The third-order valence-corrected chi connectivity index (χ3v) is 3.33. The number of aromatic nitrogens is 1. The number of hydrogen-bond donors (Lipinski definition) is 0. The van der Waals surface area contributed by atoms with Crippen LogP contribution in [0.25, 0.3) is 10.9 Å². The second-order valence-electron chi connectivity index (χ2n) is 4.44. The first kappa shape index (κ1) is 14.1. The van der Waals surface area contributed by atoms with Crippen molar-refractivity contribution in [2.45, 2.75) is 13.8 Å². The standard InChI is InChI=1S/C15H17NO4/c1-5-20-15(18)14(17)13-9(2)12-10(16(13)3)7-6-8-11(12)19-4/h6-8H,5H2,1-4H3. The number of nitrogens with zero attached hydrogens (tertiary/aromatic N) is 1. The van der Waals surface area contributed by atoms with E-state index in [2.05, 4.69) is 0 Å². The number of Topliss-reactive ketones (excluding diaryl/α,β-unsaturated/α-hetero) is 1. The average molecular weight is 275 g/mol. The van der Waals surface area contributed by atoms with E-state index in [1.807, 2.05) is 18.2 Å². The molecule has 1 aromatic carbocycles. The molecule has 0 aliphatic heterocycles. The van der Waals surface area contributed by atoms with Gasteiger partial charge in [-0.2, -0.15) is 0 Å². The van der Waals surface area contributed by atoms with Crippen LogP contribution in [0.1, 0.15) is 23.0 Å². The molecule has 0 bridgehead atoms. The van der Waals surface area contributed by atoms with Crippen LogP contribution < -0.4 is 4.74 Å². The van der Waals surface area contributed by atoms with E-state index in [1.165, 1.54) is 0 Å². The summed E-state index contributed by atoms with van der Waals surface area (Å²) in [7, 11) is 3.33. The zero-order chi connectivity index (χ0) is 14.9. The lowest BCUT2D eigenvalue weighted by Crippen LogP contribution is -2.20. The fraction of sp³-hybridized carbons (Fsp3) is 0.333. The van der Waals surface area contributed by atoms with Crippen molar-refractivity contribution in [3.8, 4) is 5.75 Å². The highest BCUT2D eigenvalue weighted by Gasteiger charge is 2.26. The van der Waals surface area contributed by atoms with Crippen LogP contribution in [0.2, 0.25) is 0 Å². The molecule has 0 N–H and O–H groups in total. The lowest BCUT2D eigenvalue weighted by Gasteiger charge is -2.04. The summed E-state index contributed by atoms with van der Waals surface area (Å²) in [5.74, 6) is -0.788. The quantitative estimate of drug-likeness (QED) is 0.488. The Morgan fingerprint density at radius 1 is 1.30 bits per heavy atom. The molecule has 106 valence electrons. The van der Waals surface area contributed by atoms with Crippen molar-refractivity contribution in [1.29, 1.82) is 0 Å². The number of carbonyl (C=O) groups is 2. The number of rotatable bonds is 4. The van der Waals surface area contributed by atoms with E-state index in [1.54, 1.807) is 32.6 Å². The number of hydrogen-bond acceptors (Lipinski definition) is 4. The molecule has 2 aromatic rings. The monoisotopic (exact) mass is 275 g/mol. The van der Waals surface area contributed by atoms with Crippen LogP contribution in [0.3, 0.4) is 0 Å². The SMILES string of the molecule is CCOC(=O)C(=O)c1c(C)c2c(OC)cccc2n1C. The maximum Gasteiger partial charge on any atom is 0.381 e. The van der Waals surface area contributed by atoms with Crippen LogP contribution in [-0.2, 0) is 16.6 Å². The summed E-state index contributed by atoms with van der Waals surface area (Å²) >= 11 is 0. The Morgan fingerprint density at radius 2 is 2.00 bits per heavy atom. The summed E-state index contributed by atoms with van der Waals surface area (Å²) in [5, 5.41) is 0.838. The molecule has 0 amide bonds. The predicted octanol–water partition coefficient (Wildman–Crippen LogP) is 2.24. The number of methoxy groups -OCH3 is 1. The van der Waals surface area contributed by atoms with Crippen molar-refractivity contribution in [2.24, 2.45) is 7.05 Å². The van der Waals surface area contributed by atoms with E-state index < -0.39 is 11.8 Å². The number of ketones is 1. The summed E-state index contributed by atoms with van der Waals surface area (Å²) in [5.41, 5.74) is 1.90. The van der Waals surface area contributed by atoms with E-state index >= 15 is 0 Å². The van der Waals surface area contributed by atoms with Crippen LogP contribution in [0, 0.1) is 6.92 Å². The van der Waals surface area contributed by atoms with Gasteiger partial charge in [0.1, 0.15) is 11.4 Å². The summed E-state index contributed by atoms with van der Waals surface area (Å²) < 4.78 is 11.8. The lowest BCUT2D eigenvalue weighted by atomic mass is 10.1. The number of esters is 1. The molecule has 0 aliphatic carbocycles. The molecule has 0 saturated heterocycles. The number of aryl methyl sites for hydroxylation is 2. The first-order chi connectivity index (χ1) is 9.52. The maximum absolute atomic E-state index is 12.2. The fourth-order valence-electron chi connectivity index (χ4n) is 2.45. The van der Waals surface area contributed by atoms with Crippen molar-refractivity contribution >= 4 is 22.7 Å². The number of benzene rings is 1. The Morgan fingerprint density at radius 3 is 2.60 bits per heavy atom. The lowest BCUT2D eigenvalue weighted by molar-refractivity contribution is -0.137. The Labute approximate surface area is 117 Å². The number of fused-ring (bicyclic) bond motifs is 1. The van der Waals surface area contributed by atoms with Crippen molar-refractivity contribution in [3.63, 3.8) is 0 Å². The molecule has 0 atom stereocenters. The van der Waals surface area contributed by atoms with E-state index in [-0.39, 0.29) is 6.61 Å². The van der Waals surface area contributed by atoms with Crippen molar-refractivity contribution < 1.29 is 19.1 Å². The topological polar surface area (TPSA) is 57.5 Å². The summed E-state index contributed by atoms with van der Waals surface area (Å²) in [4.78, 5) is 23.9. The average Bonchev–Trinajstić information content (AvgIpc) is 2.70. The molecule has 0 aliphatic rings. The van der Waals surface area contributed by atoms with Gasteiger partial charge in [0.15, 0.2) is 0 Å². The predicted molar refractivity (Wildman–Crippen MR) is 75.2 cm³/mol. The van der Waals surface area contributed by atoms with Crippen LogP contribution in [0.4, 0.5) is 0 Å². The Bertz CT molecular complexity index is 685. The molecule has 1 aromatic heterocycles. The van der Waals surface area contributed by atoms with Gasteiger partial charge in [0, 0.05) is 12.4 Å². The Balaban J connectivity index is 2.66. The van der Waals surface area contributed by atoms with E-state index in [9.17, 15) is 9.59 Å². The molecule has 0 unspecified atom stereocenters. The Kier molecular flexibility index (Phi) is 3.79. The van der Waals surface area contributed by atoms with Gasteiger partial charge in [0.05, 0.1) is 19.2 Å². The third kappa shape index (κ3) is 2.05. The second kappa shape index (κ2) is 5.36. The summed E-state index contributed by atoms with van der Waals surface area (Å²) in [6, 6.07) is 5.56. The zero-order valence-electron chi connectivity index (χ0n) is 12.0. The molecule has 2 rings (SSSR count). The van der Waals surface area contributed by atoms with Gasteiger partial charge in [-0.3, -0.25) is 4.79 Å². The summed E-state index contributed by atoms with van der Waals surface area (Å²) in [6.07, 6.45) is 0. The highest BCUT2D eigenvalue weighted by atomic mass is 16.5. The molecular weight excluding hydrogens is 258 g/mol. The van der Waals surface area contributed by atoms with Gasteiger partial charge < -0.3 is 14.0 Å². The van der Waals surface area contributed by atoms with Gasteiger partial charge >= 0.3 is 5.97 Å². The normalized spacial score (nSPS) is 10.6. The molecule has 5 heteroatoms. The van der Waals surface area contributed by atoms with Gasteiger partial charge in [-0.1, -0.05) is 6.07 Å². The molecule has 0 radical (unpaired) electrons. The fourth-order valence-corrected chi connectivity index (χ4v) is 2.45. The van der Waals surface area contributed by atoms with Crippen molar-refractivity contribution in [1.82, 2.24) is 4.57 Å². The smallest absolute Gasteiger partial charge is 0.381 e. The van der Waals surface area contributed by atoms with Gasteiger partial charge in [0.25, 0.3) is 5.78 Å². The second-order valence-corrected chi connectivity index (χ2v) is 4.44. The molecule has 20 heavy (non-hydrogen) atoms. The first-order valence-corrected chi connectivity index (χ1v) is 6.36. The van der Waals surface area contributed by atoms with Crippen molar-refractivity contribution in [2.75, 3.05) is 13.7 Å². The van der Waals surface area contributed by atoms with E-state index in [4.69, 9.17) is 9.47 Å². The minimum absolute atomic E-state index is 0.177. The van der Waals surface area contributed by atoms with Crippen LogP contribution >= 0.6 is 0 Å². The highest BCUT2D eigenvalue weighted by Crippen LogP contribution is 2.32. The van der Waals surface area contributed by atoms with Gasteiger partial charge in [-0.25, -0.2) is 4.79 Å².